The molecule has 0 aliphatic rings. The Hall–Kier alpha value is -3.91. The maximum absolute atomic E-state index is 12.3. The predicted octanol–water partition coefficient (Wildman–Crippen LogP) is 3.74. The Morgan fingerprint density at radius 3 is 2.22 bits per heavy atom. The molecule has 0 saturated carbocycles. The van der Waals surface area contributed by atoms with Gasteiger partial charge < -0.3 is 10.6 Å². The van der Waals surface area contributed by atoms with Gasteiger partial charge in [0.1, 0.15) is 0 Å². The van der Waals surface area contributed by atoms with Gasteiger partial charge >= 0.3 is 0 Å². The number of carbonyl (C=O) groups excluding carboxylic acids is 2. The second kappa shape index (κ2) is 8.45. The van der Waals surface area contributed by atoms with Gasteiger partial charge in [0.05, 0.1) is 11.6 Å². The number of nitrogens with one attached hydrogen (secondary N) is 2. The average molecular weight is 355 g/mol. The summed E-state index contributed by atoms with van der Waals surface area (Å²) in [7, 11) is 0. The Morgan fingerprint density at radius 1 is 0.815 bits per heavy atom. The van der Waals surface area contributed by atoms with E-state index < -0.39 is 0 Å². The van der Waals surface area contributed by atoms with Gasteiger partial charge in [-0.25, -0.2) is 0 Å². The van der Waals surface area contributed by atoms with E-state index in [2.05, 4.69) is 10.6 Å². The highest BCUT2D eigenvalue weighted by atomic mass is 16.2. The highest BCUT2D eigenvalue weighted by Crippen LogP contribution is 2.12. The van der Waals surface area contributed by atoms with Gasteiger partial charge in [0.25, 0.3) is 11.8 Å². The number of carbonyl (C=O) groups is 2. The molecular weight excluding hydrogens is 338 g/mol. The van der Waals surface area contributed by atoms with E-state index in [1.54, 1.807) is 60.7 Å². The van der Waals surface area contributed by atoms with Gasteiger partial charge in [-0.15, -0.1) is 0 Å². The van der Waals surface area contributed by atoms with Crippen molar-refractivity contribution in [2.75, 3.05) is 5.32 Å². The summed E-state index contributed by atoms with van der Waals surface area (Å²) in [5.41, 5.74) is 3.04. The van der Waals surface area contributed by atoms with Crippen molar-refractivity contribution in [3.63, 3.8) is 0 Å². The van der Waals surface area contributed by atoms with Gasteiger partial charge in [0, 0.05) is 23.4 Å². The number of hydrogen-bond acceptors (Lipinski definition) is 3. The quantitative estimate of drug-likeness (QED) is 0.731. The van der Waals surface area contributed by atoms with E-state index in [9.17, 15) is 9.59 Å². The van der Waals surface area contributed by atoms with Crippen LogP contribution in [0.3, 0.4) is 0 Å². The van der Waals surface area contributed by atoms with Crippen molar-refractivity contribution < 1.29 is 9.59 Å². The molecule has 0 spiro atoms. The van der Waals surface area contributed by atoms with Crippen LogP contribution in [0.5, 0.6) is 0 Å². The molecule has 0 aromatic heterocycles. The standard InChI is InChI=1S/C22H17N3O2/c23-14-17-5-4-8-20(13-17)25-22(27)19-11-9-16(10-12-19)15-24-21(26)18-6-2-1-3-7-18/h1-13H,15H2,(H,24,26)(H,25,27). The number of rotatable bonds is 5. The maximum atomic E-state index is 12.3. The zero-order valence-electron chi connectivity index (χ0n) is 14.5. The molecule has 0 atom stereocenters. The minimum atomic E-state index is -0.259. The lowest BCUT2D eigenvalue weighted by Gasteiger charge is -2.08. The van der Waals surface area contributed by atoms with Crippen molar-refractivity contribution in [2.45, 2.75) is 6.54 Å². The van der Waals surface area contributed by atoms with Crippen LogP contribution in [0.25, 0.3) is 0 Å². The van der Waals surface area contributed by atoms with Crippen LogP contribution < -0.4 is 10.6 Å². The van der Waals surface area contributed by atoms with Crippen molar-refractivity contribution in [3.05, 3.63) is 101 Å². The zero-order chi connectivity index (χ0) is 19.1. The number of benzene rings is 3. The van der Waals surface area contributed by atoms with E-state index >= 15 is 0 Å². The van der Waals surface area contributed by atoms with Crippen LogP contribution in [0.4, 0.5) is 5.69 Å². The fraction of sp³-hybridized carbons (Fsp3) is 0.0455. The van der Waals surface area contributed by atoms with Crippen LogP contribution in [0.15, 0.2) is 78.9 Å². The summed E-state index contributed by atoms with van der Waals surface area (Å²) in [5, 5.41) is 14.5. The molecule has 3 aromatic carbocycles. The van der Waals surface area contributed by atoms with Gasteiger partial charge in [-0.05, 0) is 48.0 Å². The first-order valence-electron chi connectivity index (χ1n) is 8.39. The summed E-state index contributed by atoms with van der Waals surface area (Å²) in [5.74, 6) is -0.403. The first-order valence-corrected chi connectivity index (χ1v) is 8.39. The minimum Gasteiger partial charge on any atom is -0.348 e. The zero-order valence-corrected chi connectivity index (χ0v) is 14.5. The fourth-order valence-corrected chi connectivity index (χ4v) is 2.52. The van der Waals surface area contributed by atoms with Gasteiger partial charge in [-0.1, -0.05) is 36.4 Å². The van der Waals surface area contributed by atoms with Gasteiger partial charge in [-0.2, -0.15) is 5.26 Å². The van der Waals surface area contributed by atoms with E-state index in [1.807, 2.05) is 24.3 Å². The number of nitrogens with zero attached hydrogens (tertiary/aromatic N) is 1. The average Bonchev–Trinajstić information content (AvgIpc) is 2.73. The molecule has 0 bridgehead atoms. The van der Waals surface area contributed by atoms with Gasteiger partial charge in [0.15, 0.2) is 0 Å². The molecule has 132 valence electrons. The van der Waals surface area contributed by atoms with Crippen molar-refractivity contribution in [2.24, 2.45) is 0 Å². The van der Waals surface area contributed by atoms with E-state index in [1.165, 1.54) is 0 Å². The Bertz CT molecular complexity index is 990. The second-order valence-corrected chi connectivity index (χ2v) is 5.89. The van der Waals surface area contributed by atoms with E-state index in [0.29, 0.717) is 28.9 Å². The normalized spacial score (nSPS) is 9.89. The van der Waals surface area contributed by atoms with Crippen LogP contribution in [-0.4, -0.2) is 11.8 Å². The smallest absolute Gasteiger partial charge is 0.255 e. The molecule has 0 aliphatic carbocycles. The third kappa shape index (κ3) is 4.80. The minimum absolute atomic E-state index is 0.144. The molecule has 3 rings (SSSR count). The monoisotopic (exact) mass is 355 g/mol. The predicted molar refractivity (Wildman–Crippen MR) is 103 cm³/mol. The summed E-state index contributed by atoms with van der Waals surface area (Å²) in [6.07, 6.45) is 0. The number of anilines is 1. The topological polar surface area (TPSA) is 82.0 Å². The molecular formula is C22H17N3O2. The van der Waals surface area contributed by atoms with E-state index in [0.717, 1.165) is 5.56 Å². The Morgan fingerprint density at radius 2 is 1.52 bits per heavy atom. The Balaban J connectivity index is 1.59. The number of nitriles is 1. The number of amides is 2. The van der Waals surface area contributed by atoms with Crippen LogP contribution >= 0.6 is 0 Å². The largest absolute Gasteiger partial charge is 0.348 e. The molecule has 0 saturated heterocycles. The highest BCUT2D eigenvalue weighted by Gasteiger charge is 2.08. The van der Waals surface area contributed by atoms with E-state index in [4.69, 9.17) is 5.26 Å². The molecule has 2 N–H and O–H groups in total. The first kappa shape index (κ1) is 17.9. The van der Waals surface area contributed by atoms with Crippen molar-refractivity contribution >= 4 is 17.5 Å². The Kier molecular flexibility index (Phi) is 5.60. The molecule has 0 unspecified atom stereocenters. The Labute approximate surface area is 157 Å². The summed E-state index contributed by atoms with van der Waals surface area (Å²) < 4.78 is 0. The lowest BCUT2D eigenvalue weighted by molar-refractivity contribution is 0.0949. The van der Waals surface area contributed by atoms with Gasteiger partial charge in [0.2, 0.25) is 0 Å². The maximum Gasteiger partial charge on any atom is 0.255 e. The third-order valence-corrected chi connectivity index (χ3v) is 3.95. The summed E-state index contributed by atoms with van der Waals surface area (Å²) in [6.45, 7) is 0.375. The van der Waals surface area contributed by atoms with Crippen LogP contribution in [0.1, 0.15) is 31.8 Å². The lowest BCUT2D eigenvalue weighted by Crippen LogP contribution is -2.22. The van der Waals surface area contributed by atoms with Gasteiger partial charge in [-0.3, -0.25) is 9.59 Å². The molecule has 0 fully saturated rings. The molecule has 2 amide bonds. The molecule has 0 radical (unpaired) electrons. The van der Waals surface area contributed by atoms with Crippen molar-refractivity contribution in [3.8, 4) is 6.07 Å². The lowest BCUT2D eigenvalue weighted by atomic mass is 10.1. The first-order chi connectivity index (χ1) is 13.2. The molecule has 3 aromatic rings. The van der Waals surface area contributed by atoms with Crippen molar-refractivity contribution in [1.82, 2.24) is 5.32 Å². The SMILES string of the molecule is N#Cc1cccc(NC(=O)c2ccc(CNC(=O)c3ccccc3)cc2)c1. The molecule has 0 heterocycles. The molecule has 5 nitrogen and oxygen atoms in total. The van der Waals surface area contributed by atoms with E-state index in [-0.39, 0.29) is 11.8 Å². The summed E-state index contributed by atoms with van der Waals surface area (Å²) in [4.78, 5) is 24.4. The van der Waals surface area contributed by atoms with Crippen LogP contribution in [-0.2, 0) is 6.54 Å². The van der Waals surface area contributed by atoms with Crippen LogP contribution in [0.2, 0.25) is 0 Å². The molecule has 0 aliphatic heterocycles. The van der Waals surface area contributed by atoms with Crippen molar-refractivity contribution in [1.29, 1.82) is 5.26 Å². The highest BCUT2D eigenvalue weighted by molar-refractivity contribution is 6.04. The molecule has 5 heteroatoms. The number of hydrogen-bond donors (Lipinski definition) is 2. The summed E-state index contributed by atoms with van der Waals surface area (Å²) >= 11 is 0. The second-order valence-electron chi connectivity index (χ2n) is 5.89. The van der Waals surface area contributed by atoms with Crippen LogP contribution in [0, 0.1) is 11.3 Å². The third-order valence-electron chi connectivity index (χ3n) is 3.95. The summed E-state index contributed by atoms with van der Waals surface area (Å²) in [6, 6.07) is 24.8. The molecule has 27 heavy (non-hydrogen) atoms. The fourth-order valence-electron chi connectivity index (χ4n) is 2.52.